The summed E-state index contributed by atoms with van der Waals surface area (Å²) in [6, 6.07) is 7.49. The number of benzene rings is 1. The van der Waals surface area contributed by atoms with E-state index in [0.29, 0.717) is 23.0 Å². The first-order valence-corrected chi connectivity index (χ1v) is 7.46. The number of nitrogens with one attached hydrogen (secondary N) is 1. The molecule has 7 nitrogen and oxygen atoms in total. The summed E-state index contributed by atoms with van der Waals surface area (Å²) in [4.78, 5) is 17.8. The summed E-state index contributed by atoms with van der Waals surface area (Å²) in [7, 11) is 1.59. The number of oxime groups is 1. The van der Waals surface area contributed by atoms with Crippen molar-refractivity contribution in [2.75, 3.05) is 12.4 Å². The fourth-order valence-electron chi connectivity index (χ4n) is 2.15. The molecular formula is C14H14N4O3S. The van der Waals surface area contributed by atoms with Crippen LogP contribution in [-0.4, -0.2) is 34.5 Å². The van der Waals surface area contributed by atoms with Gasteiger partial charge >= 0.3 is 0 Å². The maximum atomic E-state index is 12.4. The standard InChI is InChI=1S/C14H14N4O3S/c1-14(12(19)16-13-17-15-8-22-13)7-10(18-21-14)9-5-3-4-6-11(9)20-2/h3-6,8H,7H2,1-2H3,(H,16,17,19)/t14-/m1/s1. The molecule has 0 bridgehead atoms. The Labute approximate surface area is 131 Å². The number of anilines is 1. The number of hydrogen-bond acceptors (Lipinski definition) is 7. The minimum absolute atomic E-state index is 0.308. The van der Waals surface area contributed by atoms with Gasteiger partial charge in [0.1, 0.15) is 11.3 Å². The molecule has 0 aliphatic carbocycles. The van der Waals surface area contributed by atoms with Crippen LogP contribution in [0.2, 0.25) is 0 Å². The number of ether oxygens (including phenoxy) is 1. The van der Waals surface area contributed by atoms with Crippen molar-refractivity contribution in [1.82, 2.24) is 10.2 Å². The van der Waals surface area contributed by atoms with E-state index < -0.39 is 5.60 Å². The highest BCUT2D eigenvalue weighted by molar-refractivity contribution is 7.13. The van der Waals surface area contributed by atoms with Crippen LogP contribution in [0.3, 0.4) is 0 Å². The number of rotatable bonds is 4. The first-order chi connectivity index (χ1) is 10.6. The molecule has 2 aromatic rings. The second kappa shape index (κ2) is 5.72. The van der Waals surface area contributed by atoms with Crippen molar-refractivity contribution >= 4 is 28.1 Å². The van der Waals surface area contributed by atoms with Crippen LogP contribution in [0.4, 0.5) is 5.13 Å². The monoisotopic (exact) mass is 318 g/mol. The average Bonchev–Trinajstić information content (AvgIpc) is 3.17. The number of carbonyl (C=O) groups excluding carboxylic acids is 1. The van der Waals surface area contributed by atoms with Gasteiger partial charge in [0.25, 0.3) is 5.91 Å². The van der Waals surface area contributed by atoms with E-state index in [0.717, 1.165) is 5.56 Å². The minimum Gasteiger partial charge on any atom is -0.496 e. The molecular weight excluding hydrogens is 304 g/mol. The van der Waals surface area contributed by atoms with Gasteiger partial charge in [0.2, 0.25) is 10.7 Å². The van der Waals surface area contributed by atoms with Crippen molar-refractivity contribution in [3.05, 3.63) is 35.3 Å². The van der Waals surface area contributed by atoms with Crippen LogP contribution < -0.4 is 10.1 Å². The van der Waals surface area contributed by atoms with E-state index in [1.165, 1.54) is 11.3 Å². The molecule has 0 saturated heterocycles. The summed E-state index contributed by atoms with van der Waals surface area (Å²) in [6.45, 7) is 1.69. The quantitative estimate of drug-likeness (QED) is 0.932. The third-order valence-corrected chi connectivity index (χ3v) is 3.95. The van der Waals surface area contributed by atoms with Crippen molar-refractivity contribution in [2.45, 2.75) is 18.9 Å². The Bertz CT molecular complexity index is 717. The van der Waals surface area contributed by atoms with E-state index in [-0.39, 0.29) is 5.91 Å². The van der Waals surface area contributed by atoms with Crippen molar-refractivity contribution in [1.29, 1.82) is 0 Å². The first kappa shape index (κ1) is 14.5. The third kappa shape index (κ3) is 2.64. The van der Waals surface area contributed by atoms with Crippen molar-refractivity contribution in [2.24, 2.45) is 5.16 Å². The van der Waals surface area contributed by atoms with E-state index >= 15 is 0 Å². The smallest absolute Gasteiger partial charge is 0.273 e. The van der Waals surface area contributed by atoms with Gasteiger partial charge in [-0.3, -0.25) is 10.1 Å². The number of nitrogens with zero attached hydrogens (tertiary/aromatic N) is 3. The summed E-state index contributed by atoms with van der Waals surface area (Å²) in [5.74, 6) is 0.386. The molecule has 114 valence electrons. The van der Waals surface area contributed by atoms with E-state index in [1.54, 1.807) is 19.5 Å². The topological polar surface area (TPSA) is 85.7 Å². The molecule has 1 atom stereocenters. The van der Waals surface area contributed by atoms with Crippen LogP contribution in [0.15, 0.2) is 34.9 Å². The fraction of sp³-hybridized carbons (Fsp3) is 0.286. The fourth-order valence-corrected chi connectivity index (χ4v) is 2.59. The van der Waals surface area contributed by atoms with Crippen LogP contribution in [0.25, 0.3) is 0 Å². The molecule has 1 aromatic heterocycles. The van der Waals surface area contributed by atoms with E-state index in [9.17, 15) is 4.79 Å². The lowest BCUT2D eigenvalue weighted by Crippen LogP contribution is -2.40. The molecule has 1 aliphatic rings. The lowest BCUT2D eigenvalue weighted by atomic mass is 9.95. The van der Waals surface area contributed by atoms with Gasteiger partial charge in [0.05, 0.1) is 12.8 Å². The summed E-state index contributed by atoms with van der Waals surface area (Å²) in [5, 5.41) is 14.6. The summed E-state index contributed by atoms with van der Waals surface area (Å²) < 4.78 is 5.32. The lowest BCUT2D eigenvalue weighted by molar-refractivity contribution is -0.135. The Morgan fingerprint density at radius 1 is 1.45 bits per heavy atom. The molecule has 0 fully saturated rings. The molecule has 2 heterocycles. The van der Waals surface area contributed by atoms with Gasteiger partial charge in [0.15, 0.2) is 0 Å². The maximum Gasteiger partial charge on any atom is 0.273 e. The molecule has 1 N–H and O–H groups in total. The maximum absolute atomic E-state index is 12.4. The van der Waals surface area contributed by atoms with Crippen LogP contribution >= 0.6 is 11.3 Å². The Morgan fingerprint density at radius 3 is 3.00 bits per heavy atom. The van der Waals surface area contributed by atoms with Crippen LogP contribution in [0.1, 0.15) is 18.9 Å². The molecule has 1 aromatic carbocycles. The molecule has 0 radical (unpaired) electrons. The van der Waals surface area contributed by atoms with Crippen LogP contribution in [0.5, 0.6) is 5.75 Å². The van der Waals surface area contributed by atoms with E-state index in [4.69, 9.17) is 9.57 Å². The van der Waals surface area contributed by atoms with Gasteiger partial charge in [-0.15, -0.1) is 10.2 Å². The zero-order valence-corrected chi connectivity index (χ0v) is 12.9. The number of hydrogen-bond donors (Lipinski definition) is 1. The predicted octanol–water partition coefficient (Wildman–Crippen LogP) is 2.07. The number of methoxy groups -OCH3 is 1. The average molecular weight is 318 g/mol. The van der Waals surface area contributed by atoms with Crippen molar-refractivity contribution in [3.63, 3.8) is 0 Å². The summed E-state index contributed by atoms with van der Waals surface area (Å²) in [6.07, 6.45) is 0.345. The summed E-state index contributed by atoms with van der Waals surface area (Å²) >= 11 is 1.24. The molecule has 0 unspecified atom stereocenters. The van der Waals surface area contributed by atoms with Gasteiger partial charge in [-0.05, 0) is 19.1 Å². The van der Waals surface area contributed by atoms with Crippen LogP contribution in [-0.2, 0) is 9.63 Å². The van der Waals surface area contributed by atoms with Crippen LogP contribution in [0, 0.1) is 0 Å². The highest BCUT2D eigenvalue weighted by Gasteiger charge is 2.43. The Kier molecular flexibility index (Phi) is 3.76. The van der Waals surface area contributed by atoms with Gasteiger partial charge in [-0.2, -0.15) is 0 Å². The van der Waals surface area contributed by atoms with Gasteiger partial charge in [-0.1, -0.05) is 28.6 Å². The second-order valence-electron chi connectivity index (χ2n) is 4.94. The third-order valence-electron chi connectivity index (χ3n) is 3.34. The number of aromatic nitrogens is 2. The summed E-state index contributed by atoms with van der Waals surface area (Å²) in [5.41, 5.74) is 1.95. The molecule has 22 heavy (non-hydrogen) atoms. The molecule has 1 aliphatic heterocycles. The highest BCUT2D eigenvalue weighted by Crippen LogP contribution is 2.31. The van der Waals surface area contributed by atoms with Gasteiger partial charge < -0.3 is 9.57 Å². The molecule has 8 heteroatoms. The Hall–Kier alpha value is -2.48. The SMILES string of the molecule is COc1ccccc1C1=NO[C@@](C)(C(=O)Nc2nncs2)C1. The zero-order valence-electron chi connectivity index (χ0n) is 12.1. The normalized spacial score (nSPS) is 20.2. The van der Waals surface area contributed by atoms with Gasteiger partial charge in [-0.25, -0.2) is 0 Å². The highest BCUT2D eigenvalue weighted by atomic mass is 32.1. The van der Waals surface area contributed by atoms with Crippen molar-refractivity contribution < 1.29 is 14.4 Å². The van der Waals surface area contributed by atoms with Gasteiger partial charge in [0, 0.05) is 12.0 Å². The first-order valence-electron chi connectivity index (χ1n) is 6.58. The number of amides is 1. The predicted molar refractivity (Wildman–Crippen MR) is 82.2 cm³/mol. The lowest BCUT2D eigenvalue weighted by Gasteiger charge is -2.19. The number of para-hydroxylation sites is 1. The molecule has 1 amide bonds. The Balaban J connectivity index is 1.76. The molecule has 0 spiro atoms. The second-order valence-corrected chi connectivity index (χ2v) is 5.77. The van der Waals surface area contributed by atoms with E-state index in [1.807, 2.05) is 24.3 Å². The van der Waals surface area contributed by atoms with Crippen molar-refractivity contribution in [3.8, 4) is 5.75 Å². The number of carbonyl (C=O) groups is 1. The zero-order chi connectivity index (χ0) is 15.6. The Morgan fingerprint density at radius 2 is 2.27 bits per heavy atom. The minimum atomic E-state index is -1.08. The van der Waals surface area contributed by atoms with E-state index in [2.05, 4.69) is 20.7 Å². The molecule has 3 rings (SSSR count). The molecule has 0 saturated carbocycles. The largest absolute Gasteiger partial charge is 0.496 e.